The average Bonchev–Trinajstić information content (AvgIpc) is 3.04. The zero-order valence-electron chi connectivity index (χ0n) is 15.5. The molecule has 1 amide bonds. The van der Waals surface area contributed by atoms with E-state index in [1.165, 1.54) is 15.4 Å². The van der Waals surface area contributed by atoms with Gasteiger partial charge in [0, 0.05) is 18.0 Å². The monoisotopic (exact) mass is 373 g/mol. The van der Waals surface area contributed by atoms with E-state index in [1.807, 2.05) is 18.7 Å². The summed E-state index contributed by atoms with van der Waals surface area (Å²) in [6, 6.07) is 0. The van der Waals surface area contributed by atoms with Crippen molar-refractivity contribution in [3.05, 3.63) is 27.3 Å². The quantitative estimate of drug-likeness (QED) is 0.690. The Hall–Kier alpha value is -2.22. The second-order valence-corrected chi connectivity index (χ2v) is 8.79. The zero-order valence-corrected chi connectivity index (χ0v) is 16.3. The summed E-state index contributed by atoms with van der Waals surface area (Å²) in [5.41, 5.74) is 1.35. The van der Waals surface area contributed by atoms with E-state index in [1.54, 1.807) is 11.3 Å². The van der Waals surface area contributed by atoms with Gasteiger partial charge in [-0.25, -0.2) is 18.9 Å². The van der Waals surface area contributed by atoms with Crippen LogP contribution in [0.3, 0.4) is 0 Å². The highest BCUT2D eigenvalue weighted by Crippen LogP contribution is 2.30. The molecule has 3 aromatic rings. The van der Waals surface area contributed by atoms with Crippen LogP contribution in [0.15, 0.2) is 11.1 Å². The molecule has 7 nitrogen and oxygen atoms in total. The number of piperidine rings is 1. The predicted octanol–water partition coefficient (Wildman–Crippen LogP) is 2.23. The van der Waals surface area contributed by atoms with Gasteiger partial charge in [-0.05, 0) is 37.7 Å². The van der Waals surface area contributed by atoms with Gasteiger partial charge in [0.1, 0.15) is 17.7 Å². The third kappa shape index (κ3) is 2.72. The summed E-state index contributed by atoms with van der Waals surface area (Å²) in [4.78, 5) is 33.7. The highest BCUT2D eigenvalue weighted by atomic mass is 32.1. The molecule has 0 N–H and O–H groups in total. The normalized spacial score (nSPS) is 21.0. The maximum absolute atomic E-state index is 12.7. The molecule has 0 bridgehead atoms. The fourth-order valence-corrected chi connectivity index (χ4v) is 4.96. The van der Waals surface area contributed by atoms with Crippen LogP contribution >= 0.6 is 11.3 Å². The minimum absolute atomic E-state index is 0.0242. The van der Waals surface area contributed by atoms with Crippen molar-refractivity contribution in [1.82, 2.24) is 24.1 Å². The minimum atomic E-state index is -0.316. The lowest BCUT2D eigenvalue weighted by atomic mass is 9.92. The number of aromatic nitrogens is 4. The highest BCUT2D eigenvalue weighted by molar-refractivity contribution is 7.18. The second kappa shape index (κ2) is 6.19. The van der Waals surface area contributed by atoms with E-state index >= 15 is 0 Å². The van der Waals surface area contributed by atoms with Crippen molar-refractivity contribution >= 4 is 33.1 Å². The summed E-state index contributed by atoms with van der Waals surface area (Å²) in [5.74, 6) is 0.929. The van der Waals surface area contributed by atoms with Crippen LogP contribution in [-0.2, 0) is 11.3 Å². The Morgan fingerprint density at radius 1 is 1.27 bits per heavy atom. The molecule has 0 aromatic carbocycles. The van der Waals surface area contributed by atoms with Gasteiger partial charge in [0.2, 0.25) is 5.91 Å². The van der Waals surface area contributed by atoms with Crippen LogP contribution in [0.25, 0.3) is 15.9 Å². The van der Waals surface area contributed by atoms with Crippen LogP contribution in [-0.4, -0.2) is 43.1 Å². The van der Waals surface area contributed by atoms with E-state index < -0.39 is 0 Å². The molecule has 3 aromatic heterocycles. The predicted molar refractivity (Wildman–Crippen MR) is 102 cm³/mol. The Bertz CT molecular complexity index is 1050. The first-order valence-corrected chi connectivity index (χ1v) is 9.78. The van der Waals surface area contributed by atoms with Gasteiger partial charge < -0.3 is 4.90 Å². The van der Waals surface area contributed by atoms with Crippen LogP contribution < -0.4 is 5.69 Å². The summed E-state index contributed by atoms with van der Waals surface area (Å²) in [6.45, 7) is 9.86. The zero-order chi connectivity index (χ0) is 18.6. The van der Waals surface area contributed by atoms with Gasteiger partial charge in [-0.1, -0.05) is 13.8 Å². The molecular weight excluding hydrogens is 350 g/mol. The molecule has 8 heteroatoms. The molecule has 0 unspecified atom stereocenters. The maximum atomic E-state index is 12.7. The fraction of sp³-hybridized carbons (Fsp3) is 0.556. The standard InChI is InChI=1S/C18H23N5O2S/c1-10-5-11(2)7-21(6-10)14(24)8-23-18(25)22-9-19-17-15(16(22)20-23)12(3)13(4)26-17/h9-11H,5-8H2,1-4H3/t10-,11+. The van der Waals surface area contributed by atoms with Crippen LogP contribution in [0, 0.1) is 25.7 Å². The van der Waals surface area contributed by atoms with E-state index in [0.717, 1.165) is 40.2 Å². The number of carbonyl (C=O) groups is 1. The van der Waals surface area contributed by atoms with Crippen LogP contribution in [0.1, 0.15) is 30.7 Å². The lowest BCUT2D eigenvalue weighted by Crippen LogP contribution is -2.45. The van der Waals surface area contributed by atoms with Crippen molar-refractivity contribution in [2.45, 2.75) is 40.7 Å². The van der Waals surface area contributed by atoms with E-state index in [2.05, 4.69) is 23.9 Å². The first-order valence-electron chi connectivity index (χ1n) is 8.96. The Kier molecular flexibility index (Phi) is 4.10. The van der Waals surface area contributed by atoms with Crippen molar-refractivity contribution in [3.63, 3.8) is 0 Å². The highest BCUT2D eigenvalue weighted by Gasteiger charge is 2.26. The number of thiophene rings is 1. The second-order valence-electron chi connectivity index (χ2n) is 7.59. The maximum Gasteiger partial charge on any atom is 0.352 e. The average molecular weight is 373 g/mol. The summed E-state index contributed by atoms with van der Waals surface area (Å²) in [5, 5.41) is 5.38. The van der Waals surface area contributed by atoms with Gasteiger partial charge in [0.15, 0.2) is 5.65 Å². The SMILES string of the molecule is Cc1sc2ncn3c(=O)n(CC(=O)N4C[C@H](C)C[C@H](C)C4)nc3c2c1C. The smallest absolute Gasteiger partial charge is 0.341 e. The molecule has 2 atom stereocenters. The Morgan fingerprint density at radius 3 is 2.65 bits per heavy atom. The topological polar surface area (TPSA) is 72.5 Å². The molecule has 0 radical (unpaired) electrons. The number of aryl methyl sites for hydroxylation is 2. The Balaban J connectivity index is 1.71. The van der Waals surface area contributed by atoms with E-state index in [9.17, 15) is 9.59 Å². The first-order chi connectivity index (χ1) is 12.3. The lowest BCUT2D eigenvalue weighted by Gasteiger charge is -2.34. The van der Waals surface area contributed by atoms with E-state index in [4.69, 9.17) is 0 Å². The number of likely N-dealkylation sites (tertiary alicyclic amines) is 1. The molecule has 1 aliphatic heterocycles. The summed E-state index contributed by atoms with van der Waals surface area (Å²) < 4.78 is 2.71. The van der Waals surface area contributed by atoms with Gasteiger partial charge in [0.25, 0.3) is 0 Å². The Labute approximate surface area is 155 Å². The summed E-state index contributed by atoms with van der Waals surface area (Å²) in [7, 11) is 0. The number of carbonyl (C=O) groups excluding carboxylic acids is 1. The number of hydrogen-bond donors (Lipinski definition) is 0. The van der Waals surface area contributed by atoms with E-state index in [-0.39, 0.29) is 18.1 Å². The minimum Gasteiger partial charge on any atom is -0.341 e. The van der Waals surface area contributed by atoms with Crippen molar-refractivity contribution in [2.24, 2.45) is 11.8 Å². The molecule has 4 heterocycles. The van der Waals surface area contributed by atoms with E-state index in [0.29, 0.717) is 17.5 Å². The summed E-state index contributed by atoms with van der Waals surface area (Å²) >= 11 is 1.59. The van der Waals surface area contributed by atoms with Gasteiger partial charge in [-0.3, -0.25) is 4.79 Å². The Morgan fingerprint density at radius 2 is 1.96 bits per heavy atom. The molecule has 1 fully saturated rings. The molecule has 138 valence electrons. The largest absolute Gasteiger partial charge is 0.352 e. The molecule has 1 aliphatic rings. The molecule has 0 saturated carbocycles. The number of rotatable bonds is 2. The number of hydrogen-bond acceptors (Lipinski definition) is 5. The number of nitrogens with zero attached hydrogens (tertiary/aromatic N) is 5. The van der Waals surface area contributed by atoms with Crippen molar-refractivity contribution in [1.29, 1.82) is 0 Å². The molecule has 26 heavy (non-hydrogen) atoms. The van der Waals surface area contributed by atoms with Gasteiger partial charge in [-0.15, -0.1) is 16.4 Å². The van der Waals surface area contributed by atoms with Gasteiger partial charge in [0.05, 0.1) is 5.39 Å². The fourth-order valence-electron chi connectivity index (χ4n) is 3.97. The number of amides is 1. The molecule has 4 rings (SSSR count). The van der Waals surface area contributed by atoms with Gasteiger partial charge >= 0.3 is 5.69 Å². The first kappa shape index (κ1) is 17.2. The summed E-state index contributed by atoms with van der Waals surface area (Å²) in [6.07, 6.45) is 2.65. The van der Waals surface area contributed by atoms with Gasteiger partial charge in [-0.2, -0.15) is 0 Å². The molecule has 0 spiro atoms. The third-order valence-electron chi connectivity index (χ3n) is 5.26. The molecule has 1 saturated heterocycles. The van der Waals surface area contributed by atoms with Crippen LogP contribution in [0.2, 0.25) is 0 Å². The van der Waals surface area contributed by atoms with Crippen molar-refractivity contribution in [3.8, 4) is 0 Å². The lowest BCUT2D eigenvalue weighted by molar-refractivity contribution is -0.134. The number of fused-ring (bicyclic) bond motifs is 3. The van der Waals surface area contributed by atoms with Crippen molar-refractivity contribution in [2.75, 3.05) is 13.1 Å². The third-order valence-corrected chi connectivity index (χ3v) is 6.37. The van der Waals surface area contributed by atoms with Crippen LogP contribution in [0.5, 0.6) is 0 Å². The molecule has 0 aliphatic carbocycles. The van der Waals surface area contributed by atoms with Crippen molar-refractivity contribution < 1.29 is 4.79 Å². The van der Waals surface area contributed by atoms with Crippen LogP contribution in [0.4, 0.5) is 0 Å². The molecular formula is C18H23N5O2S.